The third-order valence-corrected chi connectivity index (χ3v) is 5.06. The van der Waals surface area contributed by atoms with Gasteiger partial charge in [-0.05, 0) is 49.2 Å². The number of nitrogens with zero attached hydrogens (tertiary/aromatic N) is 4. The highest BCUT2D eigenvalue weighted by molar-refractivity contribution is 5.78. The lowest BCUT2D eigenvalue weighted by Crippen LogP contribution is -2.40. The summed E-state index contributed by atoms with van der Waals surface area (Å²) in [6.45, 7) is 1.85. The fraction of sp³-hybridized carbons (Fsp3) is 0.333. The second-order valence-corrected chi connectivity index (χ2v) is 6.92. The van der Waals surface area contributed by atoms with Crippen molar-refractivity contribution in [1.82, 2.24) is 20.5 Å². The highest BCUT2D eigenvalue weighted by Gasteiger charge is 2.27. The van der Waals surface area contributed by atoms with Crippen LogP contribution >= 0.6 is 0 Å². The van der Waals surface area contributed by atoms with E-state index in [2.05, 4.69) is 20.5 Å². The number of carbonyl (C=O) groups excluding carboxylic acids is 1. The maximum Gasteiger partial charge on any atom is 0.318 e. The molecular weight excluding hydrogens is 370 g/mol. The van der Waals surface area contributed by atoms with Crippen LogP contribution < -0.4 is 15.0 Å². The number of nitrogens with one attached hydrogen (secondary N) is 1. The van der Waals surface area contributed by atoms with Gasteiger partial charge in [0.15, 0.2) is 0 Å². The van der Waals surface area contributed by atoms with Crippen LogP contribution in [0.4, 0.5) is 6.01 Å². The second kappa shape index (κ2) is 8.72. The smallest absolute Gasteiger partial charge is 0.318 e. The average Bonchev–Trinajstić information content (AvgIpc) is 3.29. The third kappa shape index (κ3) is 4.53. The van der Waals surface area contributed by atoms with Crippen LogP contribution in [0.5, 0.6) is 5.75 Å². The van der Waals surface area contributed by atoms with E-state index in [0.717, 1.165) is 29.8 Å². The summed E-state index contributed by atoms with van der Waals surface area (Å²) < 4.78 is 11.0. The maximum atomic E-state index is 12.4. The number of piperidine rings is 1. The maximum absolute atomic E-state index is 12.4. The molecule has 1 N–H and O–H groups in total. The molecule has 29 heavy (non-hydrogen) atoms. The molecule has 1 amide bonds. The Hall–Kier alpha value is -3.42. The van der Waals surface area contributed by atoms with Gasteiger partial charge >= 0.3 is 6.01 Å². The summed E-state index contributed by atoms with van der Waals surface area (Å²) in [6.07, 6.45) is 3.22. The summed E-state index contributed by atoms with van der Waals surface area (Å²) >= 11 is 0. The Morgan fingerprint density at radius 1 is 1.17 bits per heavy atom. The van der Waals surface area contributed by atoms with E-state index in [4.69, 9.17) is 9.15 Å². The molecule has 0 saturated carbocycles. The Kier molecular flexibility index (Phi) is 5.69. The zero-order valence-corrected chi connectivity index (χ0v) is 16.2. The molecule has 8 nitrogen and oxygen atoms in total. The summed E-state index contributed by atoms with van der Waals surface area (Å²) in [5.74, 6) is 1.30. The minimum Gasteiger partial charge on any atom is -0.497 e. The van der Waals surface area contributed by atoms with Crippen molar-refractivity contribution < 1.29 is 13.9 Å². The number of methoxy groups -OCH3 is 1. The number of amides is 1. The minimum atomic E-state index is -0.0149. The molecule has 150 valence electrons. The number of ether oxygens (including phenoxy) is 1. The Bertz CT molecular complexity index is 934. The van der Waals surface area contributed by atoms with Crippen molar-refractivity contribution in [2.45, 2.75) is 19.4 Å². The van der Waals surface area contributed by atoms with Gasteiger partial charge in [0.25, 0.3) is 0 Å². The zero-order chi connectivity index (χ0) is 20.1. The van der Waals surface area contributed by atoms with Crippen molar-refractivity contribution in [1.29, 1.82) is 0 Å². The lowest BCUT2D eigenvalue weighted by atomic mass is 9.96. The summed E-state index contributed by atoms with van der Waals surface area (Å²) in [5, 5.41) is 11.3. The number of anilines is 1. The molecule has 0 spiro atoms. The van der Waals surface area contributed by atoms with E-state index in [1.165, 1.54) is 0 Å². The van der Waals surface area contributed by atoms with Crippen molar-refractivity contribution in [3.05, 3.63) is 54.4 Å². The van der Waals surface area contributed by atoms with Gasteiger partial charge in [0.05, 0.1) is 19.3 Å². The second-order valence-electron chi connectivity index (χ2n) is 6.92. The lowest BCUT2D eigenvalue weighted by Gasteiger charge is -2.29. The predicted molar refractivity (Wildman–Crippen MR) is 107 cm³/mol. The van der Waals surface area contributed by atoms with Crippen LogP contribution in [0.3, 0.4) is 0 Å². The summed E-state index contributed by atoms with van der Waals surface area (Å²) in [4.78, 5) is 18.7. The van der Waals surface area contributed by atoms with Gasteiger partial charge < -0.3 is 19.4 Å². The largest absolute Gasteiger partial charge is 0.497 e. The number of hydrogen-bond donors (Lipinski definition) is 1. The fourth-order valence-corrected chi connectivity index (χ4v) is 3.35. The Balaban J connectivity index is 1.30. The van der Waals surface area contributed by atoms with Gasteiger partial charge in [-0.2, -0.15) is 0 Å². The van der Waals surface area contributed by atoms with E-state index in [-0.39, 0.29) is 11.8 Å². The van der Waals surface area contributed by atoms with Crippen LogP contribution in [0.25, 0.3) is 11.5 Å². The number of hydrogen-bond acceptors (Lipinski definition) is 7. The number of benzene rings is 1. The Morgan fingerprint density at radius 3 is 2.66 bits per heavy atom. The highest BCUT2D eigenvalue weighted by Crippen LogP contribution is 2.27. The number of carbonyl (C=O) groups is 1. The average molecular weight is 393 g/mol. The first kappa shape index (κ1) is 18.9. The molecule has 2 aromatic heterocycles. The molecule has 1 aliphatic rings. The third-order valence-electron chi connectivity index (χ3n) is 5.06. The molecule has 1 aromatic carbocycles. The van der Waals surface area contributed by atoms with E-state index < -0.39 is 0 Å². The molecule has 3 aromatic rings. The van der Waals surface area contributed by atoms with E-state index in [0.29, 0.717) is 31.5 Å². The SMILES string of the molecule is COc1ccc(-c2nnc(N3CCC(C(=O)NCc4ccccn4)CC3)o2)cc1. The molecule has 4 rings (SSSR count). The molecule has 1 aliphatic heterocycles. The van der Waals surface area contributed by atoms with Crippen LogP contribution in [-0.2, 0) is 11.3 Å². The molecule has 8 heteroatoms. The van der Waals surface area contributed by atoms with Crippen LogP contribution in [-0.4, -0.2) is 41.3 Å². The Morgan fingerprint density at radius 2 is 1.97 bits per heavy atom. The summed E-state index contributed by atoms with van der Waals surface area (Å²) in [7, 11) is 1.63. The van der Waals surface area contributed by atoms with Gasteiger partial charge in [-0.1, -0.05) is 11.2 Å². The van der Waals surface area contributed by atoms with Crippen molar-refractivity contribution in [3.8, 4) is 17.2 Å². The molecule has 1 saturated heterocycles. The monoisotopic (exact) mass is 393 g/mol. The molecule has 0 atom stereocenters. The minimum absolute atomic E-state index is 0.0149. The van der Waals surface area contributed by atoms with Gasteiger partial charge in [0.1, 0.15) is 5.75 Å². The van der Waals surface area contributed by atoms with E-state index >= 15 is 0 Å². The van der Waals surface area contributed by atoms with Crippen molar-refractivity contribution >= 4 is 11.9 Å². The first-order chi connectivity index (χ1) is 14.2. The van der Waals surface area contributed by atoms with Crippen molar-refractivity contribution in [3.63, 3.8) is 0 Å². The topological polar surface area (TPSA) is 93.4 Å². The zero-order valence-electron chi connectivity index (χ0n) is 16.2. The van der Waals surface area contributed by atoms with Gasteiger partial charge in [0.2, 0.25) is 11.8 Å². The number of aromatic nitrogens is 3. The Labute approximate surface area is 168 Å². The van der Waals surface area contributed by atoms with Crippen LogP contribution in [0, 0.1) is 5.92 Å². The van der Waals surface area contributed by atoms with Gasteiger partial charge in [-0.15, -0.1) is 5.10 Å². The molecule has 0 radical (unpaired) electrons. The van der Waals surface area contributed by atoms with Crippen molar-refractivity contribution in [2.24, 2.45) is 5.92 Å². The lowest BCUT2D eigenvalue weighted by molar-refractivity contribution is -0.125. The van der Waals surface area contributed by atoms with Gasteiger partial charge in [-0.3, -0.25) is 9.78 Å². The van der Waals surface area contributed by atoms with Crippen LogP contribution in [0.15, 0.2) is 53.1 Å². The first-order valence-electron chi connectivity index (χ1n) is 9.63. The quantitative estimate of drug-likeness (QED) is 0.688. The summed E-state index contributed by atoms with van der Waals surface area (Å²) in [5.41, 5.74) is 1.70. The number of pyridine rings is 1. The fourth-order valence-electron chi connectivity index (χ4n) is 3.35. The van der Waals surface area contributed by atoms with Gasteiger partial charge in [-0.25, -0.2) is 0 Å². The van der Waals surface area contributed by atoms with Crippen LogP contribution in [0.2, 0.25) is 0 Å². The molecule has 3 heterocycles. The predicted octanol–water partition coefficient (Wildman–Crippen LogP) is 2.67. The standard InChI is InChI=1S/C21H23N5O3/c1-28-18-7-5-16(6-8-18)20-24-25-21(29-20)26-12-9-15(10-13-26)19(27)23-14-17-4-2-3-11-22-17/h2-8,11,15H,9-10,12-14H2,1H3,(H,23,27). The van der Waals surface area contributed by atoms with E-state index in [1.807, 2.05) is 47.4 Å². The number of rotatable bonds is 6. The van der Waals surface area contributed by atoms with E-state index in [1.54, 1.807) is 13.3 Å². The molecule has 0 bridgehead atoms. The van der Waals surface area contributed by atoms with E-state index in [9.17, 15) is 4.79 Å². The normalized spacial score (nSPS) is 14.6. The summed E-state index contributed by atoms with van der Waals surface area (Å²) in [6, 6.07) is 13.6. The molecule has 0 aliphatic carbocycles. The first-order valence-corrected chi connectivity index (χ1v) is 9.63. The molecule has 0 unspecified atom stereocenters. The van der Waals surface area contributed by atoms with Crippen molar-refractivity contribution in [2.75, 3.05) is 25.1 Å². The van der Waals surface area contributed by atoms with Gasteiger partial charge in [0, 0.05) is 30.8 Å². The highest BCUT2D eigenvalue weighted by atomic mass is 16.5. The molecule has 1 fully saturated rings. The van der Waals surface area contributed by atoms with Crippen LogP contribution in [0.1, 0.15) is 18.5 Å². The molecular formula is C21H23N5O3.